The average molecular weight is 341 g/mol. The summed E-state index contributed by atoms with van der Waals surface area (Å²) in [6, 6.07) is 7.86. The molecule has 0 unspecified atom stereocenters. The Bertz CT molecular complexity index is 670. The van der Waals surface area contributed by atoms with Crippen molar-refractivity contribution in [2.75, 3.05) is 13.1 Å². The molecule has 0 saturated heterocycles. The summed E-state index contributed by atoms with van der Waals surface area (Å²) >= 11 is 0. The molecule has 0 bridgehead atoms. The number of amides is 2. The summed E-state index contributed by atoms with van der Waals surface area (Å²) in [5.41, 5.74) is 0.493. The molecule has 0 fully saturated rings. The number of hydrogen-bond acceptors (Lipinski definition) is 4. The molecule has 0 aromatic heterocycles. The highest BCUT2D eigenvalue weighted by Gasteiger charge is 2.51. The Kier molecular flexibility index (Phi) is 5.28. The fourth-order valence-electron chi connectivity index (χ4n) is 2.37. The number of halogens is 3. The van der Waals surface area contributed by atoms with Gasteiger partial charge in [0.25, 0.3) is 0 Å². The van der Waals surface area contributed by atoms with Crippen LogP contribution in [0.5, 0.6) is 5.75 Å². The summed E-state index contributed by atoms with van der Waals surface area (Å²) in [4.78, 5) is 23.4. The van der Waals surface area contributed by atoms with Crippen molar-refractivity contribution in [1.29, 1.82) is 5.26 Å². The van der Waals surface area contributed by atoms with Crippen LogP contribution < -0.4 is 15.4 Å². The second-order valence-electron chi connectivity index (χ2n) is 5.15. The smallest absolute Gasteiger partial charge is 0.426 e. The number of fused-ring (bicyclic) bond motifs is 1. The van der Waals surface area contributed by atoms with E-state index in [-0.39, 0.29) is 18.7 Å². The third kappa shape index (κ3) is 4.16. The molecule has 1 aromatic carbocycles. The van der Waals surface area contributed by atoms with Gasteiger partial charge in [-0.1, -0.05) is 18.2 Å². The number of hydrogen-bond donors (Lipinski definition) is 2. The number of carbonyl (C=O) groups excluding carboxylic acids is 2. The van der Waals surface area contributed by atoms with Gasteiger partial charge >= 0.3 is 6.18 Å². The van der Waals surface area contributed by atoms with Crippen LogP contribution in [0.25, 0.3) is 0 Å². The van der Waals surface area contributed by atoms with Gasteiger partial charge < -0.3 is 15.4 Å². The summed E-state index contributed by atoms with van der Waals surface area (Å²) in [5.74, 6) is -3.00. The minimum Gasteiger partial charge on any atom is -0.480 e. The van der Waals surface area contributed by atoms with Crippen LogP contribution >= 0.6 is 0 Å². The Balaban J connectivity index is 2.09. The summed E-state index contributed by atoms with van der Waals surface area (Å²) in [6.45, 7) is -0.761. The van der Waals surface area contributed by atoms with Gasteiger partial charge in [0.05, 0.1) is 18.5 Å². The standard InChI is InChI=1S/C15H14F3N3O3/c16-15(17,18)13-10(7-9-3-1-2-4-11(9)24-13)14(23)21-8-12(22)20-6-5-19/h1-4,10,13H,6-8H2,(H,20,22)(H,21,23)/t10-,13-/m1/s1. The topological polar surface area (TPSA) is 91.2 Å². The van der Waals surface area contributed by atoms with Crippen LogP contribution in [-0.2, 0) is 16.0 Å². The molecule has 9 heteroatoms. The molecule has 1 aliphatic rings. The van der Waals surface area contributed by atoms with Gasteiger partial charge in [-0.15, -0.1) is 0 Å². The van der Waals surface area contributed by atoms with Crippen molar-refractivity contribution in [3.63, 3.8) is 0 Å². The van der Waals surface area contributed by atoms with Gasteiger partial charge in [0, 0.05) is 0 Å². The van der Waals surface area contributed by atoms with Crippen LogP contribution in [0.15, 0.2) is 24.3 Å². The summed E-state index contributed by atoms with van der Waals surface area (Å²) in [7, 11) is 0. The van der Waals surface area contributed by atoms with Crippen LogP contribution in [0, 0.1) is 17.2 Å². The minimum absolute atomic E-state index is 0.0932. The molecule has 0 aliphatic carbocycles. The lowest BCUT2D eigenvalue weighted by Crippen LogP contribution is -2.52. The molecule has 0 spiro atoms. The lowest BCUT2D eigenvalue weighted by molar-refractivity contribution is -0.213. The van der Waals surface area contributed by atoms with Crippen LogP contribution in [0.4, 0.5) is 13.2 Å². The zero-order valence-electron chi connectivity index (χ0n) is 12.4. The normalized spacial score (nSPS) is 19.4. The Morgan fingerprint density at radius 3 is 2.67 bits per heavy atom. The number of rotatable bonds is 4. The van der Waals surface area contributed by atoms with Crippen molar-refractivity contribution < 1.29 is 27.5 Å². The largest absolute Gasteiger partial charge is 0.480 e. The number of carbonyl (C=O) groups is 2. The SMILES string of the molecule is N#CCNC(=O)CNC(=O)[C@@H]1Cc2ccccc2O[C@H]1C(F)(F)F. The van der Waals surface area contributed by atoms with Gasteiger partial charge in [0.1, 0.15) is 12.3 Å². The van der Waals surface area contributed by atoms with Crippen LogP contribution in [0.3, 0.4) is 0 Å². The Labute approximate surface area is 135 Å². The molecule has 1 heterocycles. The van der Waals surface area contributed by atoms with Crippen LogP contribution in [0.2, 0.25) is 0 Å². The molecular formula is C15H14F3N3O3. The molecule has 2 atom stereocenters. The van der Waals surface area contributed by atoms with Gasteiger partial charge in [-0.05, 0) is 18.1 Å². The molecule has 128 valence electrons. The maximum atomic E-state index is 13.2. The minimum atomic E-state index is -4.72. The molecule has 0 saturated carbocycles. The molecule has 2 N–H and O–H groups in total. The van der Waals surface area contributed by atoms with Crippen molar-refractivity contribution in [1.82, 2.24) is 10.6 Å². The molecule has 2 rings (SSSR count). The number of nitrogens with one attached hydrogen (secondary N) is 2. The second kappa shape index (κ2) is 7.21. The fraction of sp³-hybridized carbons (Fsp3) is 0.400. The maximum Gasteiger partial charge on any atom is 0.426 e. The Hall–Kier alpha value is -2.76. The molecule has 0 radical (unpaired) electrons. The van der Waals surface area contributed by atoms with Crippen LogP contribution in [0.1, 0.15) is 5.56 Å². The lowest BCUT2D eigenvalue weighted by Gasteiger charge is -2.33. The van der Waals surface area contributed by atoms with Crippen molar-refractivity contribution in [3.05, 3.63) is 29.8 Å². The van der Waals surface area contributed by atoms with Gasteiger partial charge in [-0.25, -0.2) is 0 Å². The Morgan fingerprint density at radius 1 is 1.29 bits per heavy atom. The van der Waals surface area contributed by atoms with E-state index in [1.54, 1.807) is 24.3 Å². The van der Waals surface area contributed by atoms with Gasteiger partial charge in [-0.3, -0.25) is 9.59 Å². The Morgan fingerprint density at radius 2 is 2.00 bits per heavy atom. The number of alkyl halides is 3. The number of nitriles is 1. The highest BCUT2D eigenvalue weighted by molar-refractivity contribution is 5.86. The highest BCUT2D eigenvalue weighted by Crippen LogP contribution is 2.38. The van der Waals surface area contributed by atoms with E-state index in [1.165, 1.54) is 6.07 Å². The number of nitrogens with zero attached hydrogens (tertiary/aromatic N) is 1. The van der Waals surface area contributed by atoms with E-state index in [2.05, 4.69) is 10.6 Å². The number of ether oxygens (including phenoxy) is 1. The molecular weight excluding hydrogens is 327 g/mol. The predicted octanol–water partition coefficient (Wildman–Crippen LogP) is 0.925. The summed E-state index contributed by atoms with van der Waals surface area (Å²) in [6.07, 6.45) is -7.15. The van der Waals surface area contributed by atoms with E-state index in [0.29, 0.717) is 5.56 Å². The number of para-hydroxylation sites is 1. The van der Waals surface area contributed by atoms with E-state index < -0.39 is 36.6 Å². The van der Waals surface area contributed by atoms with Crippen LogP contribution in [-0.4, -0.2) is 37.2 Å². The van der Waals surface area contributed by atoms with E-state index in [0.717, 1.165) is 0 Å². The zero-order chi connectivity index (χ0) is 17.7. The quantitative estimate of drug-likeness (QED) is 0.797. The highest BCUT2D eigenvalue weighted by atomic mass is 19.4. The first kappa shape index (κ1) is 17.6. The predicted molar refractivity (Wildman–Crippen MR) is 75.7 cm³/mol. The summed E-state index contributed by atoms with van der Waals surface area (Å²) in [5, 5.41) is 12.7. The summed E-state index contributed by atoms with van der Waals surface area (Å²) < 4.78 is 44.5. The molecule has 6 nitrogen and oxygen atoms in total. The first-order valence-corrected chi connectivity index (χ1v) is 7.05. The van der Waals surface area contributed by atoms with Gasteiger partial charge in [0.2, 0.25) is 17.9 Å². The van der Waals surface area contributed by atoms with Gasteiger partial charge in [0.15, 0.2) is 0 Å². The van der Waals surface area contributed by atoms with Crippen molar-refractivity contribution >= 4 is 11.8 Å². The number of benzene rings is 1. The van der Waals surface area contributed by atoms with E-state index >= 15 is 0 Å². The molecule has 1 aliphatic heterocycles. The molecule has 1 aromatic rings. The maximum absolute atomic E-state index is 13.2. The third-order valence-corrected chi connectivity index (χ3v) is 3.48. The second-order valence-corrected chi connectivity index (χ2v) is 5.15. The van der Waals surface area contributed by atoms with E-state index in [4.69, 9.17) is 10.00 Å². The fourth-order valence-corrected chi connectivity index (χ4v) is 2.37. The monoisotopic (exact) mass is 341 g/mol. The van der Waals surface area contributed by atoms with E-state index in [9.17, 15) is 22.8 Å². The van der Waals surface area contributed by atoms with E-state index in [1.807, 2.05) is 0 Å². The average Bonchev–Trinajstić information content (AvgIpc) is 2.55. The van der Waals surface area contributed by atoms with Crippen molar-refractivity contribution in [2.45, 2.75) is 18.7 Å². The van der Waals surface area contributed by atoms with Gasteiger partial charge in [-0.2, -0.15) is 18.4 Å². The molecule has 24 heavy (non-hydrogen) atoms. The molecule has 2 amide bonds. The first-order valence-electron chi connectivity index (χ1n) is 7.05. The first-order chi connectivity index (χ1) is 11.3. The lowest BCUT2D eigenvalue weighted by atomic mass is 9.89. The van der Waals surface area contributed by atoms with Crippen molar-refractivity contribution in [3.8, 4) is 11.8 Å². The zero-order valence-corrected chi connectivity index (χ0v) is 12.4. The third-order valence-electron chi connectivity index (χ3n) is 3.48. The van der Waals surface area contributed by atoms with Crippen molar-refractivity contribution in [2.24, 2.45) is 5.92 Å².